The summed E-state index contributed by atoms with van der Waals surface area (Å²) in [5.74, 6) is 0.506. The molecule has 0 aliphatic rings. The Balaban J connectivity index is 0.00000120. The van der Waals surface area contributed by atoms with Gasteiger partial charge in [0.2, 0.25) is 5.78 Å². The van der Waals surface area contributed by atoms with Crippen LogP contribution in [0.5, 0.6) is 0 Å². The average Bonchev–Trinajstić information content (AvgIpc) is 2.76. The molecule has 1 aromatic carbocycles. The van der Waals surface area contributed by atoms with Crippen LogP contribution in [0.15, 0.2) is 30.6 Å². The minimum Gasteiger partial charge on any atom is -0.352 e. The fourth-order valence-electron chi connectivity index (χ4n) is 1.63. The van der Waals surface area contributed by atoms with E-state index < -0.39 is 0 Å². The van der Waals surface area contributed by atoms with Gasteiger partial charge in [0.25, 0.3) is 0 Å². The van der Waals surface area contributed by atoms with Crippen LogP contribution in [0.4, 0.5) is 0 Å². The van der Waals surface area contributed by atoms with E-state index in [9.17, 15) is 0 Å². The van der Waals surface area contributed by atoms with Crippen LogP contribution in [0.3, 0.4) is 0 Å². The van der Waals surface area contributed by atoms with Crippen molar-refractivity contribution in [1.29, 1.82) is 0 Å². The van der Waals surface area contributed by atoms with Crippen molar-refractivity contribution < 1.29 is 124 Å². The Morgan fingerprint density at radius 2 is 2.05 bits per heavy atom. The van der Waals surface area contributed by atoms with Gasteiger partial charge >= 0.3 is 58.2 Å². The minimum atomic E-state index is 0. The van der Waals surface area contributed by atoms with E-state index in [0.717, 1.165) is 11.1 Å². The van der Waals surface area contributed by atoms with Crippen molar-refractivity contribution in [3.63, 3.8) is 0 Å². The summed E-state index contributed by atoms with van der Waals surface area (Å²) in [7, 11) is 0. The average molecular weight is 485 g/mol. The topological polar surface area (TPSA) is 43.1 Å². The largest absolute Gasteiger partial charge is 1.00 e. The molecule has 0 bridgehead atoms. The van der Waals surface area contributed by atoms with E-state index in [4.69, 9.17) is 0 Å². The van der Waals surface area contributed by atoms with Gasteiger partial charge in [-0.2, -0.15) is 16.7 Å². The van der Waals surface area contributed by atoms with E-state index >= 15 is 0 Å². The van der Waals surface area contributed by atoms with Gasteiger partial charge in [-0.05, 0) is 0 Å². The molecule has 0 unspecified atom stereocenters. The van der Waals surface area contributed by atoms with Crippen molar-refractivity contribution in [3.8, 4) is 0 Å². The third-order valence-electron chi connectivity index (χ3n) is 2.39. The monoisotopic (exact) mass is 484 g/mol. The van der Waals surface area contributed by atoms with Crippen LogP contribution in [0.2, 0.25) is 0 Å². The smallest absolute Gasteiger partial charge is 0.352 e. The zero-order valence-corrected chi connectivity index (χ0v) is 22.0. The number of hydrogen-bond donors (Lipinski definition) is 0. The summed E-state index contributed by atoms with van der Waals surface area (Å²) in [5, 5.41) is 3.99. The van der Waals surface area contributed by atoms with Gasteiger partial charge in [0, 0.05) is 65.4 Å². The first kappa shape index (κ1) is 21.7. The number of benzene rings is 1. The van der Waals surface area contributed by atoms with Crippen LogP contribution >= 0.6 is 0 Å². The predicted octanol–water partition coefficient (Wildman–Crippen LogP) is -1.37. The number of hydrogen-bond acceptors (Lipinski definition) is 3. The van der Waals surface area contributed by atoms with Gasteiger partial charge in [-0.25, -0.2) is 17.4 Å². The van der Waals surface area contributed by atoms with Crippen molar-refractivity contribution in [2.24, 2.45) is 0 Å². The van der Waals surface area contributed by atoms with E-state index in [1.807, 2.05) is 18.6 Å². The van der Waals surface area contributed by atoms with Crippen LogP contribution in [0, 0.1) is 25.7 Å². The van der Waals surface area contributed by atoms with E-state index in [1.165, 1.54) is 16.4 Å². The predicted molar refractivity (Wildman–Crippen MR) is 62.1 cm³/mol. The fraction of sp³-hybridized carbons (Fsp3) is 0.0769. The maximum absolute atomic E-state index is 4.06. The Morgan fingerprint density at radius 3 is 2.80 bits per heavy atom. The first-order valence-corrected chi connectivity index (χ1v) is 5.23. The summed E-state index contributed by atoms with van der Waals surface area (Å²) in [6.45, 7) is 2.06. The standard InChI is InChI=1S/C13H9N4.Rb.2Y/c1-10-3-2-4-11(5-10)6-12-7-14-13-15-9-16-17(13)8-12;;;/h2-6,9H,1H3;;;/q-3;+1;;. The zero-order valence-electron chi connectivity index (χ0n) is 11.4. The quantitative estimate of drug-likeness (QED) is 0.422. The van der Waals surface area contributed by atoms with Gasteiger partial charge in [0.1, 0.15) is 6.33 Å². The molecule has 2 radical (unpaired) electrons. The van der Waals surface area contributed by atoms with Crippen LogP contribution in [-0.4, -0.2) is 19.6 Å². The van der Waals surface area contributed by atoms with E-state index in [0.29, 0.717) is 5.78 Å². The molecule has 0 spiro atoms. The van der Waals surface area contributed by atoms with Crippen LogP contribution < -0.4 is 58.2 Å². The molecular formula is C13H9N4RbY2-2. The maximum Gasteiger partial charge on any atom is 1.00 e. The molecule has 0 aliphatic heterocycles. The number of nitrogens with zero attached hydrogens (tertiary/aromatic N) is 4. The molecule has 90 valence electrons. The van der Waals surface area contributed by atoms with Gasteiger partial charge in [-0.3, -0.25) is 18.6 Å². The minimum absolute atomic E-state index is 0. The molecule has 20 heavy (non-hydrogen) atoms. The van der Waals surface area contributed by atoms with E-state index in [1.54, 1.807) is 0 Å². The molecular weight excluding hydrogens is 475 g/mol. The van der Waals surface area contributed by atoms with Crippen molar-refractivity contribution in [3.05, 3.63) is 66.1 Å². The SMILES string of the molecule is Cc1cccc([CH-]c2[c-]nc3ncnn3[c-]2)c1.[Rb+].[Y].[Y]. The van der Waals surface area contributed by atoms with Crippen molar-refractivity contribution in [2.75, 3.05) is 0 Å². The first-order valence-electron chi connectivity index (χ1n) is 5.23. The second-order valence-electron chi connectivity index (χ2n) is 3.78. The Hall–Kier alpha value is 1.65. The molecule has 0 fully saturated rings. The van der Waals surface area contributed by atoms with Gasteiger partial charge < -0.3 is 20.6 Å². The van der Waals surface area contributed by atoms with E-state index in [-0.39, 0.29) is 124 Å². The molecule has 3 aromatic rings. The second kappa shape index (κ2) is 10.4. The van der Waals surface area contributed by atoms with Crippen LogP contribution in [-0.2, 0) is 65.4 Å². The van der Waals surface area contributed by atoms with Crippen molar-refractivity contribution in [2.45, 2.75) is 6.92 Å². The third kappa shape index (κ3) is 5.69. The molecule has 2 aromatic heterocycles. The van der Waals surface area contributed by atoms with Gasteiger partial charge in [0.15, 0.2) is 0 Å². The molecule has 0 N–H and O–H groups in total. The van der Waals surface area contributed by atoms with Gasteiger partial charge in [-0.15, -0.1) is 6.07 Å². The van der Waals surface area contributed by atoms with Crippen LogP contribution in [0.25, 0.3) is 5.78 Å². The van der Waals surface area contributed by atoms with Crippen molar-refractivity contribution in [1.82, 2.24) is 19.6 Å². The van der Waals surface area contributed by atoms with E-state index in [2.05, 4.69) is 46.5 Å². The van der Waals surface area contributed by atoms with Gasteiger partial charge in [0.05, 0.1) is 0 Å². The Labute approximate surface area is 217 Å². The number of aryl methyl sites for hydroxylation is 1. The summed E-state index contributed by atoms with van der Waals surface area (Å²) in [6, 6.07) is 8.19. The fourth-order valence-corrected chi connectivity index (χ4v) is 1.63. The Bertz CT molecular complexity index is 672. The Morgan fingerprint density at radius 1 is 1.25 bits per heavy atom. The molecule has 3 rings (SSSR count). The number of rotatable bonds is 2. The molecule has 0 saturated heterocycles. The molecule has 0 aliphatic carbocycles. The molecule has 0 saturated carbocycles. The second-order valence-corrected chi connectivity index (χ2v) is 3.78. The molecule has 2 heterocycles. The van der Waals surface area contributed by atoms with Gasteiger partial charge in [-0.1, -0.05) is 6.92 Å². The summed E-state index contributed by atoms with van der Waals surface area (Å²) in [5.41, 5.74) is 3.07. The number of fused-ring (bicyclic) bond motifs is 1. The molecule has 0 atom stereocenters. The normalized spacial score (nSPS) is 9.05. The third-order valence-corrected chi connectivity index (χ3v) is 2.39. The van der Waals surface area contributed by atoms with Crippen LogP contribution in [0.1, 0.15) is 16.7 Å². The first-order chi connectivity index (χ1) is 8.31. The number of aromatic nitrogens is 4. The molecule has 7 heteroatoms. The molecule has 4 nitrogen and oxygen atoms in total. The van der Waals surface area contributed by atoms with Crippen molar-refractivity contribution >= 4 is 5.78 Å². The Kier molecular flexibility index (Phi) is 11.3. The summed E-state index contributed by atoms with van der Waals surface area (Å²) < 4.78 is 1.51. The zero-order chi connectivity index (χ0) is 11.7. The maximum atomic E-state index is 4.06. The summed E-state index contributed by atoms with van der Waals surface area (Å²) in [6.07, 6.45) is 9.33. The summed E-state index contributed by atoms with van der Waals surface area (Å²) >= 11 is 0. The summed E-state index contributed by atoms with van der Waals surface area (Å²) in [4.78, 5) is 8.01. The molecule has 0 amide bonds.